The van der Waals surface area contributed by atoms with E-state index in [-0.39, 0.29) is 5.91 Å². The van der Waals surface area contributed by atoms with E-state index < -0.39 is 0 Å². The predicted molar refractivity (Wildman–Crippen MR) is 75.2 cm³/mol. The number of hydrogen-bond donors (Lipinski definition) is 1. The van der Waals surface area contributed by atoms with Crippen molar-refractivity contribution in [3.63, 3.8) is 0 Å². The summed E-state index contributed by atoms with van der Waals surface area (Å²) in [4.78, 5) is 14.6. The zero-order valence-electron chi connectivity index (χ0n) is 12.1. The van der Waals surface area contributed by atoms with E-state index in [2.05, 4.69) is 17.3 Å². The Hall–Kier alpha value is -1.36. The van der Waals surface area contributed by atoms with Gasteiger partial charge in [0, 0.05) is 25.3 Å². The minimum Gasteiger partial charge on any atom is -0.334 e. The lowest BCUT2D eigenvalue weighted by Crippen LogP contribution is -2.46. The molecule has 5 heteroatoms. The van der Waals surface area contributed by atoms with Crippen molar-refractivity contribution in [2.45, 2.75) is 39.2 Å². The van der Waals surface area contributed by atoms with E-state index in [1.807, 2.05) is 24.9 Å². The van der Waals surface area contributed by atoms with E-state index >= 15 is 0 Å². The molecule has 0 radical (unpaired) electrons. The molecule has 1 N–H and O–H groups in total. The van der Waals surface area contributed by atoms with E-state index in [9.17, 15) is 4.79 Å². The number of nitrogens with zero attached hydrogens (tertiary/aromatic N) is 3. The summed E-state index contributed by atoms with van der Waals surface area (Å²) < 4.78 is 1.76. The van der Waals surface area contributed by atoms with Crippen LogP contribution in [0.25, 0.3) is 0 Å². The van der Waals surface area contributed by atoms with Crippen molar-refractivity contribution in [2.75, 3.05) is 19.6 Å². The molecule has 0 unspecified atom stereocenters. The Morgan fingerprint density at radius 1 is 1.53 bits per heavy atom. The Morgan fingerprint density at radius 3 is 2.74 bits per heavy atom. The number of carbonyl (C=O) groups is 1. The minimum absolute atomic E-state index is 0.0810. The highest BCUT2D eigenvalue weighted by Gasteiger charge is 2.27. The van der Waals surface area contributed by atoms with Gasteiger partial charge in [-0.2, -0.15) is 5.10 Å². The molecule has 1 aliphatic rings. The van der Waals surface area contributed by atoms with Crippen molar-refractivity contribution >= 4 is 5.91 Å². The molecule has 1 amide bonds. The third-order valence-corrected chi connectivity index (χ3v) is 3.81. The lowest BCUT2D eigenvalue weighted by atomic mass is 10.0. The molecule has 0 spiro atoms. The summed E-state index contributed by atoms with van der Waals surface area (Å²) in [5, 5.41) is 7.66. The molecule has 5 nitrogen and oxygen atoms in total. The summed E-state index contributed by atoms with van der Waals surface area (Å²) in [5.74, 6) is 0.0810. The SMILES string of the molecule is CCCN(C(=O)c1cc(C)n(C)n1)C1CCNCC1. The number of hydrogen-bond acceptors (Lipinski definition) is 3. The lowest BCUT2D eigenvalue weighted by Gasteiger charge is -2.34. The maximum Gasteiger partial charge on any atom is 0.274 e. The average Bonchev–Trinajstić information content (AvgIpc) is 2.76. The normalized spacial score (nSPS) is 16.6. The first kappa shape index (κ1) is 14.1. The second-order valence-electron chi connectivity index (χ2n) is 5.27. The zero-order chi connectivity index (χ0) is 13.8. The van der Waals surface area contributed by atoms with E-state index in [1.54, 1.807) is 4.68 Å². The molecule has 1 aromatic rings. The van der Waals surface area contributed by atoms with Crippen LogP contribution in [0, 0.1) is 6.92 Å². The van der Waals surface area contributed by atoms with Gasteiger partial charge in [0.15, 0.2) is 5.69 Å². The molecular formula is C14H24N4O. The first-order valence-corrected chi connectivity index (χ1v) is 7.15. The molecule has 0 bridgehead atoms. The van der Waals surface area contributed by atoms with Crippen LogP contribution in [0.2, 0.25) is 0 Å². The maximum atomic E-state index is 12.6. The number of nitrogens with one attached hydrogen (secondary N) is 1. The van der Waals surface area contributed by atoms with Crippen LogP contribution in [0.1, 0.15) is 42.4 Å². The molecule has 1 saturated heterocycles. The van der Waals surface area contributed by atoms with E-state index in [0.717, 1.165) is 44.6 Å². The predicted octanol–water partition coefficient (Wildman–Crippen LogP) is 1.33. The third kappa shape index (κ3) is 3.15. The Balaban J connectivity index is 2.15. The number of piperidine rings is 1. The summed E-state index contributed by atoms with van der Waals surface area (Å²) >= 11 is 0. The number of amides is 1. The molecule has 106 valence electrons. The van der Waals surface area contributed by atoms with Crippen molar-refractivity contribution < 1.29 is 4.79 Å². The van der Waals surface area contributed by atoms with Crippen LogP contribution in [0.15, 0.2) is 6.07 Å². The molecule has 1 fully saturated rings. The van der Waals surface area contributed by atoms with Crippen molar-refractivity contribution in [1.29, 1.82) is 0 Å². The lowest BCUT2D eigenvalue weighted by molar-refractivity contribution is 0.0636. The van der Waals surface area contributed by atoms with Crippen LogP contribution < -0.4 is 5.32 Å². The fourth-order valence-corrected chi connectivity index (χ4v) is 2.62. The molecule has 0 saturated carbocycles. The fraction of sp³-hybridized carbons (Fsp3) is 0.714. The summed E-state index contributed by atoms with van der Waals surface area (Å²) in [5.41, 5.74) is 1.59. The average molecular weight is 264 g/mol. The van der Waals surface area contributed by atoms with Crippen LogP contribution in [-0.4, -0.2) is 46.3 Å². The maximum absolute atomic E-state index is 12.6. The Bertz CT molecular complexity index is 415. The van der Waals surface area contributed by atoms with E-state index in [4.69, 9.17) is 0 Å². The van der Waals surface area contributed by atoms with Gasteiger partial charge >= 0.3 is 0 Å². The highest BCUT2D eigenvalue weighted by atomic mass is 16.2. The smallest absolute Gasteiger partial charge is 0.274 e. The van der Waals surface area contributed by atoms with Crippen molar-refractivity contribution in [3.05, 3.63) is 17.5 Å². The highest BCUT2D eigenvalue weighted by Crippen LogP contribution is 2.16. The summed E-state index contributed by atoms with van der Waals surface area (Å²) in [6.45, 7) is 6.90. The zero-order valence-corrected chi connectivity index (χ0v) is 12.1. The molecule has 0 aromatic carbocycles. The summed E-state index contributed by atoms with van der Waals surface area (Å²) in [6.07, 6.45) is 3.07. The van der Waals surface area contributed by atoms with E-state index in [1.165, 1.54) is 0 Å². The van der Waals surface area contributed by atoms with Crippen molar-refractivity contribution in [2.24, 2.45) is 7.05 Å². The minimum atomic E-state index is 0.0810. The number of aromatic nitrogens is 2. The Morgan fingerprint density at radius 2 is 2.21 bits per heavy atom. The molecule has 0 aliphatic carbocycles. The van der Waals surface area contributed by atoms with Gasteiger partial charge in [0.1, 0.15) is 0 Å². The number of aryl methyl sites for hydroxylation is 2. The van der Waals surface area contributed by atoms with Gasteiger partial charge in [0.05, 0.1) is 0 Å². The second kappa shape index (κ2) is 6.19. The van der Waals surface area contributed by atoms with Crippen LogP contribution in [0.5, 0.6) is 0 Å². The van der Waals surface area contributed by atoms with Gasteiger partial charge in [0.25, 0.3) is 5.91 Å². The standard InChI is InChI=1S/C14H24N4O/c1-4-9-18(12-5-7-15-8-6-12)14(19)13-10-11(2)17(3)16-13/h10,12,15H,4-9H2,1-3H3. The topological polar surface area (TPSA) is 50.2 Å². The van der Waals surface area contributed by atoms with Gasteiger partial charge in [-0.05, 0) is 45.3 Å². The van der Waals surface area contributed by atoms with Gasteiger partial charge in [0.2, 0.25) is 0 Å². The third-order valence-electron chi connectivity index (χ3n) is 3.81. The molecule has 0 atom stereocenters. The Labute approximate surface area is 115 Å². The monoisotopic (exact) mass is 264 g/mol. The van der Waals surface area contributed by atoms with Crippen LogP contribution in [0.4, 0.5) is 0 Å². The van der Waals surface area contributed by atoms with Crippen molar-refractivity contribution in [1.82, 2.24) is 20.0 Å². The van der Waals surface area contributed by atoms with E-state index in [0.29, 0.717) is 11.7 Å². The van der Waals surface area contributed by atoms with Crippen molar-refractivity contribution in [3.8, 4) is 0 Å². The molecule has 1 aromatic heterocycles. The van der Waals surface area contributed by atoms with Crippen LogP contribution in [0.3, 0.4) is 0 Å². The van der Waals surface area contributed by atoms with Gasteiger partial charge in [-0.3, -0.25) is 9.48 Å². The first-order valence-electron chi connectivity index (χ1n) is 7.15. The molecule has 2 rings (SSSR count). The first-order chi connectivity index (χ1) is 9.13. The molecular weight excluding hydrogens is 240 g/mol. The van der Waals surface area contributed by atoms with Gasteiger partial charge in [-0.1, -0.05) is 6.92 Å². The molecule has 19 heavy (non-hydrogen) atoms. The summed E-state index contributed by atoms with van der Waals surface area (Å²) in [6, 6.07) is 2.24. The fourth-order valence-electron chi connectivity index (χ4n) is 2.62. The largest absolute Gasteiger partial charge is 0.334 e. The number of rotatable bonds is 4. The summed E-state index contributed by atoms with van der Waals surface area (Å²) in [7, 11) is 1.88. The quantitative estimate of drug-likeness (QED) is 0.892. The Kier molecular flexibility index (Phi) is 4.58. The number of carbonyl (C=O) groups excluding carboxylic acids is 1. The molecule has 2 heterocycles. The van der Waals surface area contributed by atoms with Gasteiger partial charge in [-0.15, -0.1) is 0 Å². The highest BCUT2D eigenvalue weighted by molar-refractivity contribution is 5.92. The van der Waals surface area contributed by atoms with Crippen LogP contribution in [-0.2, 0) is 7.05 Å². The van der Waals surface area contributed by atoms with Gasteiger partial charge in [-0.25, -0.2) is 0 Å². The second-order valence-corrected chi connectivity index (χ2v) is 5.27. The van der Waals surface area contributed by atoms with Crippen LogP contribution >= 0.6 is 0 Å². The molecule has 1 aliphatic heterocycles. The van der Waals surface area contributed by atoms with Gasteiger partial charge < -0.3 is 10.2 Å².